The van der Waals surface area contributed by atoms with Gasteiger partial charge in [0.05, 0.1) is 17.0 Å². The zero-order valence-electron chi connectivity index (χ0n) is 15.6. The molecule has 1 aromatic heterocycles. The molecule has 1 aliphatic heterocycles. The van der Waals surface area contributed by atoms with Gasteiger partial charge in [-0.2, -0.15) is 0 Å². The van der Waals surface area contributed by atoms with E-state index < -0.39 is 0 Å². The number of ketones is 1. The van der Waals surface area contributed by atoms with Gasteiger partial charge in [0.1, 0.15) is 0 Å². The highest BCUT2D eigenvalue weighted by atomic mass is 32.1. The fourth-order valence-electron chi connectivity index (χ4n) is 3.32. The molecule has 1 amide bonds. The topological polar surface area (TPSA) is 54.7 Å². The molecular formula is C20H25N3O2S. The smallest absolute Gasteiger partial charge is 0.226 e. The Balaban J connectivity index is 1.80. The van der Waals surface area contributed by atoms with Gasteiger partial charge in [-0.1, -0.05) is 23.5 Å². The third-order valence-corrected chi connectivity index (χ3v) is 6.05. The van der Waals surface area contributed by atoms with Crippen molar-refractivity contribution < 1.29 is 9.59 Å². The van der Waals surface area contributed by atoms with Crippen LogP contribution in [0.4, 0.5) is 5.69 Å². The summed E-state index contributed by atoms with van der Waals surface area (Å²) in [6.45, 7) is 8.16. The van der Waals surface area contributed by atoms with E-state index in [2.05, 4.69) is 11.5 Å². The highest BCUT2D eigenvalue weighted by Crippen LogP contribution is 2.17. The van der Waals surface area contributed by atoms with Gasteiger partial charge in [-0.15, -0.1) is 0 Å². The molecule has 1 fully saturated rings. The first-order valence-electron chi connectivity index (χ1n) is 9.12. The Kier molecular flexibility index (Phi) is 5.71. The summed E-state index contributed by atoms with van der Waals surface area (Å²) < 4.78 is 2.06. The molecule has 0 N–H and O–H groups in total. The van der Waals surface area contributed by atoms with Crippen LogP contribution in [0.3, 0.4) is 0 Å². The summed E-state index contributed by atoms with van der Waals surface area (Å²) in [5.41, 5.74) is 2.81. The normalized spacial score (nSPS) is 14.9. The number of rotatable bonds is 5. The van der Waals surface area contributed by atoms with Crippen molar-refractivity contribution in [1.82, 2.24) is 9.47 Å². The summed E-state index contributed by atoms with van der Waals surface area (Å²) in [4.78, 5) is 32.3. The Labute approximate surface area is 158 Å². The number of aromatic nitrogens is 1. The fourth-order valence-corrected chi connectivity index (χ4v) is 4.43. The summed E-state index contributed by atoms with van der Waals surface area (Å²) in [5.74, 6) is 0.280. The second-order valence-electron chi connectivity index (χ2n) is 6.64. The van der Waals surface area contributed by atoms with E-state index in [4.69, 9.17) is 4.99 Å². The molecule has 3 rings (SSSR count). The molecule has 6 heteroatoms. The zero-order valence-corrected chi connectivity index (χ0v) is 16.4. The van der Waals surface area contributed by atoms with E-state index in [1.807, 2.05) is 36.1 Å². The number of benzene rings is 1. The number of hydrogen-bond donors (Lipinski definition) is 0. The van der Waals surface area contributed by atoms with Crippen LogP contribution in [0.2, 0.25) is 0 Å². The fraction of sp³-hybridized carbons (Fsp3) is 0.450. The number of carbonyl (C=O) groups excluding carboxylic acids is 2. The van der Waals surface area contributed by atoms with E-state index in [1.54, 1.807) is 6.92 Å². The monoisotopic (exact) mass is 371 g/mol. The molecule has 0 atom stereocenters. The van der Waals surface area contributed by atoms with Gasteiger partial charge in [-0.05, 0) is 44.4 Å². The van der Waals surface area contributed by atoms with Crippen LogP contribution >= 0.6 is 11.3 Å². The van der Waals surface area contributed by atoms with E-state index in [0.717, 1.165) is 59.1 Å². The molecule has 1 aliphatic rings. The predicted octanol–water partition coefficient (Wildman–Crippen LogP) is 3.48. The molecule has 26 heavy (non-hydrogen) atoms. The van der Waals surface area contributed by atoms with Crippen molar-refractivity contribution in [2.75, 3.05) is 13.1 Å². The molecule has 0 bridgehead atoms. The maximum Gasteiger partial charge on any atom is 0.226 e. The summed E-state index contributed by atoms with van der Waals surface area (Å²) in [6.07, 6.45) is 2.68. The lowest BCUT2D eigenvalue weighted by molar-refractivity contribution is -0.129. The SMILES string of the molecule is CCn1c(C)c(C(C)=O)s/c1=N\c1ccc(CC(=O)N2CCCC2)cc1. The van der Waals surface area contributed by atoms with Crippen LogP contribution in [-0.2, 0) is 17.8 Å². The third kappa shape index (κ3) is 3.96. The average Bonchev–Trinajstić information content (AvgIpc) is 3.25. The lowest BCUT2D eigenvalue weighted by atomic mass is 10.1. The first-order chi connectivity index (χ1) is 12.5. The van der Waals surface area contributed by atoms with Gasteiger partial charge in [-0.25, -0.2) is 4.99 Å². The van der Waals surface area contributed by atoms with Gasteiger partial charge in [0.2, 0.25) is 5.91 Å². The lowest BCUT2D eigenvalue weighted by Gasteiger charge is -2.14. The molecule has 0 radical (unpaired) electrons. The molecule has 0 aliphatic carbocycles. The molecule has 138 valence electrons. The van der Waals surface area contributed by atoms with Crippen LogP contribution < -0.4 is 4.80 Å². The molecule has 0 saturated carbocycles. The van der Waals surface area contributed by atoms with Crippen molar-refractivity contribution in [3.05, 3.63) is 45.2 Å². The van der Waals surface area contributed by atoms with E-state index >= 15 is 0 Å². The maximum atomic E-state index is 12.2. The quantitative estimate of drug-likeness (QED) is 0.756. The van der Waals surface area contributed by atoms with Gasteiger partial charge in [-0.3, -0.25) is 9.59 Å². The predicted molar refractivity (Wildman–Crippen MR) is 104 cm³/mol. The van der Waals surface area contributed by atoms with E-state index in [1.165, 1.54) is 11.3 Å². The van der Waals surface area contributed by atoms with Crippen molar-refractivity contribution in [2.45, 2.75) is 46.6 Å². The second kappa shape index (κ2) is 7.99. The van der Waals surface area contributed by atoms with Crippen LogP contribution in [0.25, 0.3) is 0 Å². The van der Waals surface area contributed by atoms with E-state index in [9.17, 15) is 9.59 Å². The van der Waals surface area contributed by atoms with E-state index in [-0.39, 0.29) is 11.7 Å². The Hall–Kier alpha value is -2.21. The van der Waals surface area contributed by atoms with E-state index in [0.29, 0.717) is 6.42 Å². The standard InChI is InChI=1S/C20H25N3O2S/c1-4-23-14(2)19(15(3)24)26-20(23)21-17-9-7-16(8-10-17)13-18(25)22-11-5-6-12-22/h7-10H,4-6,11-13H2,1-3H3/b21-20-. The van der Waals surface area contributed by atoms with Gasteiger partial charge >= 0.3 is 0 Å². The molecule has 5 nitrogen and oxygen atoms in total. The highest BCUT2D eigenvalue weighted by molar-refractivity contribution is 7.11. The Morgan fingerprint density at radius 3 is 2.38 bits per heavy atom. The van der Waals surface area contributed by atoms with Crippen molar-refractivity contribution in [1.29, 1.82) is 0 Å². The Morgan fingerprint density at radius 1 is 1.15 bits per heavy atom. The van der Waals surface area contributed by atoms with Crippen LogP contribution in [0.1, 0.15) is 47.6 Å². The zero-order chi connectivity index (χ0) is 18.7. The van der Waals surface area contributed by atoms with Crippen LogP contribution in [0.15, 0.2) is 29.3 Å². The summed E-state index contributed by atoms with van der Waals surface area (Å²) >= 11 is 1.43. The van der Waals surface area contributed by atoms with Crippen LogP contribution in [-0.4, -0.2) is 34.2 Å². The summed E-state index contributed by atoms with van der Waals surface area (Å²) in [7, 11) is 0. The van der Waals surface area contributed by atoms with Crippen molar-refractivity contribution in [3.63, 3.8) is 0 Å². The molecule has 0 unspecified atom stereocenters. The number of Topliss-reactive ketones (excluding diaryl/α,β-unsaturated/α-hetero) is 1. The minimum atomic E-state index is 0.0759. The Morgan fingerprint density at radius 2 is 1.81 bits per heavy atom. The minimum Gasteiger partial charge on any atom is -0.342 e. The lowest BCUT2D eigenvalue weighted by Crippen LogP contribution is -2.28. The number of thiazole rings is 1. The molecule has 1 saturated heterocycles. The molecule has 0 spiro atoms. The Bertz CT molecular complexity index is 871. The number of likely N-dealkylation sites (tertiary alicyclic amines) is 1. The second-order valence-corrected chi connectivity index (χ2v) is 7.62. The van der Waals surface area contributed by atoms with Crippen molar-refractivity contribution in [2.24, 2.45) is 4.99 Å². The molecule has 1 aromatic carbocycles. The largest absolute Gasteiger partial charge is 0.342 e. The van der Waals surface area contributed by atoms with Crippen molar-refractivity contribution in [3.8, 4) is 0 Å². The highest BCUT2D eigenvalue weighted by Gasteiger charge is 2.17. The molecule has 2 heterocycles. The minimum absolute atomic E-state index is 0.0759. The van der Waals surface area contributed by atoms with Gasteiger partial charge < -0.3 is 9.47 Å². The third-order valence-electron chi connectivity index (χ3n) is 4.77. The first kappa shape index (κ1) is 18.6. The van der Waals surface area contributed by atoms with Gasteiger partial charge in [0, 0.05) is 32.3 Å². The average molecular weight is 372 g/mol. The number of nitrogens with zero attached hydrogens (tertiary/aromatic N) is 3. The van der Waals surface area contributed by atoms with Gasteiger partial charge in [0.25, 0.3) is 0 Å². The number of carbonyl (C=O) groups is 2. The summed E-state index contributed by atoms with van der Waals surface area (Å²) in [5, 5.41) is 0. The van der Waals surface area contributed by atoms with Crippen LogP contribution in [0, 0.1) is 6.92 Å². The van der Waals surface area contributed by atoms with Gasteiger partial charge in [0.15, 0.2) is 10.6 Å². The maximum absolute atomic E-state index is 12.2. The molecule has 2 aromatic rings. The van der Waals surface area contributed by atoms with Crippen LogP contribution in [0.5, 0.6) is 0 Å². The number of hydrogen-bond acceptors (Lipinski definition) is 4. The summed E-state index contributed by atoms with van der Waals surface area (Å²) in [6, 6.07) is 7.81. The molecular weight excluding hydrogens is 346 g/mol. The number of amides is 1. The van der Waals surface area contributed by atoms with Crippen molar-refractivity contribution >= 4 is 28.7 Å². The first-order valence-corrected chi connectivity index (χ1v) is 9.94.